The number of nitrogens with one attached hydrogen (secondary N) is 1. The SMILES string of the molecule is CCCC1(CNCC2CCC(C(C)(C)C)CC2)CC1. The van der Waals surface area contributed by atoms with Gasteiger partial charge >= 0.3 is 0 Å². The summed E-state index contributed by atoms with van der Waals surface area (Å²) in [4.78, 5) is 0. The highest BCUT2D eigenvalue weighted by molar-refractivity contribution is 4.94. The zero-order chi connectivity index (χ0) is 13.9. The van der Waals surface area contributed by atoms with E-state index in [0.29, 0.717) is 5.41 Å². The van der Waals surface area contributed by atoms with Crippen LogP contribution in [0.4, 0.5) is 0 Å². The quantitative estimate of drug-likeness (QED) is 0.712. The standard InChI is InChI=1S/C18H35N/c1-5-10-18(11-12-18)14-19-13-15-6-8-16(9-7-15)17(2,3)4/h15-16,19H,5-14H2,1-4H3. The molecule has 0 aromatic heterocycles. The second-order valence-electron chi connectivity index (χ2n) is 8.46. The van der Waals surface area contributed by atoms with Gasteiger partial charge in [-0.1, -0.05) is 34.1 Å². The van der Waals surface area contributed by atoms with Crippen molar-refractivity contribution in [2.24, 2.45) is 22.7 Å². The summed E-state index contributed by atoms with van der Waals surface area (Å²) in [5.74, 6) is 1.91. The van der Waals surface area contributed by atoms with E-state index >= 15 is 0 Å². The van der Waals surface area contributed by atoms with Crippen molar-refractivity contribution in [2.45, 2.75) is 79.1 Å². The third-order valence-corrected chi connectivity index (χ3v) is 5.74. The molecule has 19 heavy (non-hydrogen) atoms. The summed E-state index contributed by atoms with van der Waals surface area (Å²) in [6.45, 7) is 12.1. The summed E-state index contributed by atoms with van der Waals surface area (Å²) >= 11 is 0. The van der Waals surface area contributed by atoms with Crippen LogP contribution in [-0.2, 0) is 0 Å². The van der Waals surface area contributed by atoms with E-state index in [0.717, 1.165) is 17.3 Å². The van der Waals surface area contributed by atoms with Crippen LogP contribution < -0.4 is 5.32 Å². The van der Waals surface area contributed by atoms with Gasteiger partial charge < -0.3 is 5.32 Å². The van der Waals surface area contributed by atoms with E-state index in [4.69, 9.17) is 0 Å². The maximum Gasteiger partial charge on any atom is 0.000793 e. The van der Waals surface area contributed by atoms with Crippen molar-refractivity contribution in [3.8, 4) is 0 Å². The van der Waals surface area contributed by atoms with Gasteiger partial charge in [-0.05, 0) is 74.2 Å². The molecule has 0 bridgehead atoms. The average molecular weight is 265 g/mol. The summed E-state index contributed by atoms with van der Waals surface area (Å²) in [6, 6.07) is 0. The lowest BCUT2D eigenvalue weighted by Gasteiger charge is -2.37. The Kier molecular flexibility index (Phi) is 4.98. The van der Waals surface area contributed by atoms with Gasteiger partial charge in [-0.2, -0.15) is 0 Å². The second kappa shape index (κ2) is 6.16. The first kappa shape index (κ1) is 15.4. The topological polar surface area (TPSA) is 12.0 Å². The van der Waals surface area contributed by atoms with E-state index in [-0.39, 0.29) is 0 Å². The predicted octanol–water partition coefficient (Wildman–Crippen LogP) is 5.01. The normalized spacial score (nSPS) is 30.3. The van der Waals surface area contributed by atoms with E-state index in [1.807, 2.05) is 0 Å². The van der Waals surface area contributed by atoms with Crippen molar-refractivity contribution in [1.82, 2.24) is 5.32 Å². The molecular weight excluding hydrogens is 230 g/mol. The Morgan fingerprint density at radius 3 is 2.16 bits per heavy atom. The van der Waals surface area contributed by atoms with Gasteiger partial charge in [0.05, 0.1) is 0 Å². The molecule has 0 radical (unpaired) electrons. The van der Waals surface area contributed by atoms with Crippen LogP contribution in [0.5, 0.6) is 0 Å². The fraction of sp³-hybridized carbons (Fsp3) is 1.00. The molecule has 0 aromatic rings. The molecule has 0 heterocycles. The van der Waals surface area contributed by atoms with E-state index in [1.54, 1.807) is 0 Å². The van der Waals surface area contributed by atoms with Crippen molar-refractivity contribution in [3.63, 3.8) is 0 Å². The van der Waals surface area contributed by atoms with Gasteiger partial charge in [-0.3, -0.25) is 0 Å². The Balaban J connectivity index is 1.61. The van der Waals surface area contributed by atoms with Crippen LogP contribution >= 0.6 is 0 Å². The third-order valence-electron chi connectivity index (χ3n) is 5.74. The molecule has 0 atom stereocenters. The highest BCUT2D eigenvalue weighted by Crippen LogP contribution is 2.49. The molecule has 1 N–H and O–H groups in total. The van der Waals surface area contributed by atoms with Crippen LogP contribution in [0.25, 0.3) is 0 Å². The maximum absolute atomic E-state index is 3.80. The molecule has 0 aromatic carbocycles. The molecule has 1 heteroatoms. The molecule has 112 valence electrons. The van der Waals surface area contributed by atoms with Gasteiger partial charge in [0, 0.05) is 6.54 Å². The van der Waals surface area contributed by atoms with Gasteiger partial charge in [-0.15, -0.1) is 0 Å². The molecule has 0 aliphatic heterocycles. The maximum atomic E-state index is 3.80. The molecule has 0 spiro atoms. The lowest BCUT2D eigenvalue weighted by molar-refractivity contribution is 0.148. The number of hydrogen-bond donors (Lipinski definition) is 1. The minimum Gasteiger partial charge on any atom is -0.316 e. The van der Waals surface area contributed by atoms with E-state index in [1.165, 1.54) is 64.5 Å². The second-order valence-corrected chi connectivity index (χ2v) is 8.46. The molecule has 0 saturated heterocycles. The lowest BCUT2D eigenvalue weighted by atomic mass is 9.70. The van der Waals surface area contributed by atoms with Gasteiger partial charge in [-0.25, -0.2) is 0 Å². The molecule has 0 unspecified atom stereocenters. The molecule has 2 aliphatic carbocycles. The van der Waals surface area contributed by atoms with Crippen LogP contribution in [0.2, 0.25) is 0 Å². The largest absolute Gasteiger partial charge is 0.316 e. The van der Waals surface area contributed by atoms with Crippen LogP contribution in [0.3, 0.4) is 0 Å². The fourth-order valence-corrected chi connectivity index (χ4v) is 4.00. The summed E-state index contributed by atoms with van der Waals surface area (Å²) < 4.78 is 0. The Morgan fingerprint density at radius 1 is 1.05 bits per heavy atom. The highest BCUT2D eigenvalue weighted by Gasteiger charge is 2.41. The van der Waals surface area contributed by atoms with Crippen LogP contribution in [0.1, 0.15) is 79.1 Å². The van der Waals surface area contributed by atoms with E-state index in [9.17, 15) is 0 Å². The summed E-state index contributed by atoms with van der Waals surface area (Å²) in [6.07, 6.45) is 11.6. The number of rotatable bonds is 6. The Hall–Kier alpha value is -0.0400. The van der Waals surface area contributed by atoms with Crippen molar-refractivity contribution in [1.29, 1.82) is 0 Å². The van der Waals surface area contributed by atoms with E-state index in [2.05, 4.69) is 33.0 Å². The minimum absolute atomic E-state index is 0.525. The zero-order valence-electron chi connectivity index (χ0n) is 13.7. The molecule has 2 saturated carbocycles. The molecular formula is C18H35N. The Bertz CT molecular complexity index is 264. The first-order valence-corrected chi connectivity index (χ1v) is 8.66. The monoisotopic (exact) mass is 265 g/mol. The lowest BCUT2D eigenvalue weighted by Crippen LogP contribution is -2.33. The van der Waals surface area contributed by atoms with Crippen molar-refractivity contribution in [2.75, 3.05) is 13.1 Å². The van der Waals surface area contributed by atoms with Crippen LogP contribution in [0.15, 0.2) is 0 Å². The van der Waals surface area contributed by atoms with Gasteiger partial charge in [0.25, 0.3) is 0 Å². The first-order chi connectivity index (χ1) is 8.95. The third kappa shape index (κ3) is 4.48. The van der Waals surface area contributed by atoms with Gasteiger partial charge in [0.1, 0.15) is 0 Å². The Morgan fingerprint density at radius 2 is 1.68 bits per heavy atom. The van der Waals surface area contributed by atoms with Crippen LogP contribution in [-0.4, -0.2) is 13.1 Å². The van der Waals surface area contributed by atoms with Gasteiger partial charge in [0.15, 0.2) is 0 Å². The van der Waals surface area contributed by atoms with Crippen molar-refractivity contribution >= 4 is 0 Å². The summed E-state index contributed by atoms with van der Waals surface area (Å²) in [5, 5.41) is 3.80. The smallest absolute Gasteiger partial charge is 0.000793 e. The molecule has 2 rings (SSSR count). The zero-order valence-corrected chi connectivity index (χ0v) is 13.7. The highest BCUT2D eigenvalue weighted by atomic mass is 14.9. The molecule has 2 aliphatic rings. The van der Waals surface area contributed by atoms with Crippen molar-refractivity contribution < 1.29 is 0 Å². The fourth-order valence-electron chi connectivity index (χ4n) is 4.00. The molecule has 2 fully saturated rings. The molecule has 0 amide bonds. The molecule has 1 nitrogen and oxygen atoms in total. The first-order valence-electron chi connectivity index (χ1n) is 8.66. The van der Waals surface area contributed by atoms with Crippen molar-refractivity contribution in [3.05, 3.63) is 0 Å². The minimum atomic E-state index is 0.525. The predicted molar refractivity (Wildman–Crippen MR) is 84.3 cm³/mol. The summed E-state index contributed by atoms with van der Waals surface area (Å²) in [5.41, 5.74) is 1.24. The van der Waals surface area contributed by atoms with E-state index < -0.39 is 0 Å². The summed E-state index contributed by atoms with van der Waals surface area (Å²) in [7, 11) is 0. The van der Waals surface area contributed by atoms with Crippen LogP contribution in [0, 0.1) is 22.7 Å². The average Bonchev–Trinajstić information content (AvgIpc) is 3.09. The number of hydrogen-bond acceptors (Lipinski definition) is 1. The Labute approximate surface area is 120 Å². The van der Waals surface area contributed by atoms with Gasteiger partial charge in [0.2, 0.25) is 0 Å².